The number of piperazine rings is 1. The molecule has 0 bridgehead atoms. The number of aryl methyl sites for hydroxylation is 2. The van der Waals surface area contributed by atoms with E-state index in [2.05, 4.69) is 20.0 Å². The molecule has 26 heavy (non-hydrogen) atoms. The molecule has 0 aliphatic carbocycles. The van der Waals surface area contributed by atoms with Gasteiger partial charge in [-0.1, -0.05) is 0 Å². The fourth-order valence-electron chi connectivity index (χ4n) is 3.39. The van der Waals surface area contributed by atoms with Crippen molar-refractivity contribution >= 4 is 17.4 Å². The molecule has 0 spiro atoms. The molecule has 0 atom stereocenters. The minimum Gasteiger partial charge on any atom is -0.352 e. The molecular weight excluding hydrogens is 332 g/mol. The van der Waals surface area contributed by atoms with Crippen molar-refractivity contribution in [3.63, 3.8) is 0 Å². The minimum absolute atomic E-state index is 0.207. The van der Waals surface area contributed by atoms with Crippen LogP contribution < -0.4 is 10.5 Å². The first-order valence-corrected chi connectivity index (χ1v) is 8.58. The first-order valence-electron chi connectivity index (χ1n) is 8.58. The number of imidazole rings is 1. The molecule has 1 amide bonds. The van der Waals surface area contributed by atoms with Gasteiger partial charge in [0.25, 0.3) is 11.5 Å². The highest BCUT2D eigenvalue weighted by atomic mass is 16.2. The second kappa shape index (κ2) is 6.29. The van der Waals surface area contributed by atoms with Crippen LogP contribution in [0.2, 0.25) is 0 Å². The number of aromatic nitrogens is 4. The summed E-state index contributed by atoms with van der Waals surface area (Å²) in [6.45, 7) is 6.05. The van der Waals surface area contributed by atoms with Gasteiger partial charge in [0.1, 0.15) is 11.4 Å². The number of nitrogens with one attached hydrogen (secondary N) is 1. The summed E-state index contributed by atoms with van der Waals surface area (Å²) in [5, 5.41) is 4.55. The summed E-state index contributed by atoms with van der Waals surface area (Å²) < 4.78 is 1.74. The Balaban J connectivity index is 1.49. The van der Waals surface area contributed by atoms with Crippen LogP contribution in [0.3, 0.4) is 0 Å². The lowest BCUT2D eigenvalue weighted by Gasteiger charge is -2.35. The van der Waals surface area contributed by atoms with Gasteiger partial charge in [0, 0.05) is 44.3 Å². The van der Waals surface area contributed by atoms with E-state index in [1.165, 1.54) is 0 Å². The molecule has 0 radical (unpaired) electrons. The topological polar surface area (TPSA) is 86.6 Å². The fourth-order valence-corrected chi connectivity index (χ4v) is 3.39. The number of carbonyl (C=O) groups excluding carboxylic acids is 1. The quantitative estimate of drug-likeness (QED) is 0.743. The molecule has 3 aromatic rings. The molecule has 4 rings (SSSR count). The van der Waals surface area contributed by atoms with E-state index >= 15 is 0 Å². The van der Waals surface area contributed by atoms with Gasteiger partial charge in [-0.25, -0.2) is 9.50 Å². The second-order valence-electron chi connectivity index (χ2n) is 6.54. The van der Waals surface area contributed by atoms with E-state index in [9.17, 15) is 9.59 Å². The molecule has 1 aliphatic rings. The normalized spacial score (nSPS) is 14.8. The molecule has 8 nitrogen and oxygen atoms in total. The van der Waals surface area contributed by atoms with Gasteiger partial charge in [0.2, 0.25) is 0 Å². The van der Waals surface area contributed by atoms with Crippen LogP contribution in [0, 0.1) is 13.8 Å². The first-order chi connectivity index (χ1) is 12.5. The molecule has 1 aliphatic heterocycles. The average molecular weight is 352 g/mol. The summed E-state index contributed by atoms with van der Waals surface area (Å²) in [4.78, 5) is 35.8. The van der Waals surface area contributed by atoms with Crippen LogP contribution in [0.15, 0.2) is 35.4 Å². The number of rotatable bonds is 2. The summed E-state index contributed by atoms with van der Waals surface area (Å²) in [6.07, 6.45) is 3.52. The van der Waals surface area contributed by atoms with E-state index in [0.29, 0.717) is 31.7 Å². The summed E-state index contributed by atoms with van der Waals surface area (Å²) in [5.41, 5.74) is 2.20. The third-order valence-corrected chi connectivity index (χ3v) is 4.71. The molecule has 1 N–H and O–H groups in total. The smallest absolute Gasteiger partial charge is 0.261 e. The second-order valence-corrected chi connectivity index (χ2v) is 6.54. The number of aromatic amines is 1. The van der Waals surface area contributed by atoms with Gasteiger partial charge in [0.05, 0.1) is 0 Å². The Hall–Kier alpha value is -3.16. The number of H-pyrrole nitrogens is 1. The number of hydrogen-bond acceptors (Lipinski definition) is 5. The van der Waals surface area contributed by atoms with Crippen LogP contribution in [0.25, 0.3) is 5.65 Å². The number of carbonyl (C=O) groups is 1. The zero-order valence-corrected chi connectivity index (χ0v) is 14.8. The lowest BCUT2D eigenvalue weighted by Crippen LogP contribution is -2.50. The van der Waals surface area contributed by atoms with E-state index < -0.39 is 0 Å². The lowest BCUT2D eigenvalue weighted by atomic mass is 10.1. The van der Waals surface area contributed by atoms with Crippen molar-refractivity contribution in [2.75, 3.05) is 31.1 Å². The van der Waals surface area contributed by atoms with Crippen molar-refractivity contribution in [1.29, 1.82) is 0 Å². The Labute approximate surface area is 150 Å². The average Bonchev–Trinajstić information content (AvgIpc) is 3.08. The summed E-state index contributed by atoms with van der Waals surface area (Å²) in [5.74, 6) is 0.647. The van der Waals surface area contributed by atoms with Crippen LogP contribution in [0.5, 0.6) is 0 Å². The molecule has 1 saturated heterocycles. The fraction of sp³-hybridized carbons (Fsp3) is 0.333. The van der Waals surface area contributed by atoms with E-state index in [-0.39, 0.29) is 17.0 Å². The number of nitrogens with zero attached hydrogens (tertiary/aromatic N) is 5. The predicted octanol–water partition coefficient (Wildman–Crippen LogP) is 0.997. The SMILES string of the molecule is Cc1cc(C)c(C(=O)N2CCN(c3ccc4nccn4n3)CC2)c(=O)[nH]1. The van der Waals surface area contributed by atoms with Gasteiger partial charge in [-0.05, 0) is 37.6 Å². The highest BCUT2D eigenvalue weighted by Gasteiger charge is 2.26. The maximum absolute atomic E-state index is 12.8. The van der Waals surface area contributed by atoms with Crippen LogP contribution in [0.4, 0.5) is 5.82 Å². The predicted molar refractivity (Wildman–Crippen MR) is 97.6 cm³/mol. The van der Waals surface area contributed by atoms with E-state index in [4.69, 9.17) is 0 Å². The summed E-state index contributed by atoms with van der Waals surface area (Å²) in [6, 6.07) is 5.69. The Morgan fingerprint density at radius 1 is 1.15 bits per heavy atom. The number of fused-ring (bicyclic) bond motifs is 1. The Bertz CT molecular complexity index is 1030. The van der Waals surface area contributed by atoms with Crippen LogP contribution in [-0.4, -0.2) is 56.6 Å². The van der Waals surface area contributed by atoms with Gasteiger partial charge < -0.3 is 14.8 Å². The minimum atomic E-state index is -0.317. The molecule has 0 unspecified atom stereocenters. The third-order valence-electron chi connectivity index (χ3n) is 4.71. The Kier molecular flexibility index (Phi) is 3.95. The number of amides is 1. The van der Waals surface area contributed by atoms with Gasteiger partial charge >= 0.3 is 0 Å². The molecule has 4 heterocycles. The molecule has 3 aromatic heterocycles. The van der Waals surface area contributed by atoms with Crippen LogP contribution in [0.1, 0.15) is 21.6 Å². The van der Waals surface area contributed by atoms with Crippen LogP contribution in [-0.2, 0) is 0 Å². The zero-order valence-electron chi connectivity index (χ0n) is 14.8. The van der Waals surface area contributed by atoms with Crippen molar-refractivity contribution in [3.8, 4) is 0 Å². The van der Waals surface area contributed by atoms with Crippen molar-refractivity contribution in [3.05, 3.63) is 57.8 Å². The number of pyridine rings is 1. The molecular formula is C18H20N6O2. The largest absolute Gasteiger partial charge is 0.352 e. The van der Waals surface area contributed by atoms with E-state index in [0.717, 1.165) is 17.2 Å². The maximum Gasteiger partial charge on any atom is 0.261 e. The summed E-state index contributed by atoms with van der Waals surface area (Å²) >= 11 is 0. The van der Waals surface area contributed by atoms with Gasteiger partial charge in [-0.2, -0.15) is 0 Å². The molecule has 0 saturated carbocycles. The Morgan fingerprint density at radius 3 is 2.65 bits per heavy atom. The molecule has 1 fully saturated rings. The van der Waals surface area contributed by atoms with Crippen molar-refractivity contribution in [2.24, 2.45) is 0 Å². The van der Waals surface area contributed by atoms with Gasteiger partial charge in [0.15, 0.2) is 5.65 Å². The highest BCUT2D eigenvalue weighted by molar-refractivity contribution is 5.95. The Morgan fingerprint density at radius 2 is 1.92 bits per heavy atom. The monoisotopic (exact) mass is 352 g/mol. The third kappa shape index (κ3) is 2.83. The van der Waals surface area contributed by atoms with Crippen LogP contribution >= 0.6 is 0 Å². The van der Waals surface area contributed by atoms with E-state index in [1.807, 2.05) is 31.3 Å². The standard InChI is InChI=1S/C18H20N6O2/c1-12-11-13(2)20-17(25)16(12)18(26)23-9-7-22(8-10-23)15-4-3-14-19-5-6-24(14)21-15/h3-6,11H,7-10H2,1-2H3,(H,20,25). The highest BCUT2D eigenvalue weighted by Crippen LogP contribution is 2.16. The summed E-state index contributed by atoms with van der Waals surface area (Å²) in [7, 11) is 0. The van der Waals surface area contributed by atoms with Gasteiger partial charge in [-0.15, -0.1) is 5.10 Å². The van der Waals surface area contributed by atoms with Crippen molar-refractivity contribution in [2.45, 2.75) is 13.8 Å². The zero-order chi connectivity index (χ0) is 18.3. The van der Waals surface area contributed by atoms with Crippen molar-refractivity contribution < 1.29 is 4.79 Å². The maximum atomic E-state index is 12.8. The number of hydrogen-bond donors (Lipinski definition) is 1. The number of anilines is 1. The molecule has 134 valence electrons. The first kappa shape index (κ1) is 16.3. The molecule has 8 heteroatoms. The van der Waals surface area contributed by atoms with E-state index in [1.54, 1.807) is 22.5 Å². The lowest BCUT2D eigenvalue weighted by molar-refractivity contribution is 0.0744. The molecule has 0 aromatic carbocycles. The van der Waals surface area contributed by atoms with Crippen molar-refractivity contribution in [1.82, 2.24) is 24.5 Å². The van der Waals surface area contributed by atoms with Gasteiger partial charge in [-0.3, -0.25) is 9.59 Å².